The van der Waals surface area contributed by atoms with Crippen molar-refractivity contribution >= 4 is 6.08 Å². The van der Waals surface area contributed by atoms with E-state index in [9.17, 15) is 0 Å². The van der Waals surface area contributed by atoms with Gasteiger partial charge in [-0.25, -0.2) is 0 Å². The van der Waals surface area contributed by atoms with E-state index in [1.165, 1.54) is 39.0 Å². The third-order valence-electron chi connectivity index (χ3n) is 3.90. The predicted molar refractivity (Wildman–Crippen MR) is 83.0 cm³/mol. The summed E-state index contributed by atoms with van der Waals surface area (Å²) >= 11 is 0. The Balaban J connectivity index is 2.20. The molecule has 0 heterocycles. The molecule has 3 rings (SSSR count). The van der Waals surface area contributed by atoms with Crippen molar-refractivity contribution in [2.75, 3.05) is 0 Å². The Morgan fingerprint density at radius 3 is 2.58 bits per heavy atom. The van der Waals surface area contributed by atoms with Crippen molar-refractivity contribution in [3.63, 3.8) is 0 Å². The molecule has 2 aromatic carbocycles. The minimum absolute atomic E-state index is 1.10. The number of rotatable bonds is 2. The molecule has 1 aliphatic carbocycles. The van der Waals surface area contributed by atoms with Crippen molar-refractivity contribution in [1.29, 1.82) is 0 Å². The lowest BCUT2D eigenvalue weighted by atomic mass is 9.93. The molecule has 0 N–H and O–H groups in total. The van der Waals surface area contributed by atoms with Crippen LogP contribution in [-0.2, 0) is 0 Å². The van der Waals surface area contributed by atoms with Crippen LogP contribution in [0.3, 0.4) is 0 Å². The highest BCUT2D eigenvalue weighted by Gasteiger charge is 2.16. The van der Waals surface area contributed by atoms with Crippen molar-refractivity contribution in [2.24, 2.45) is 0 Å². The molecule has 0 unspecified atom stereocenters. The fourth-order valence-electron chi connectivity index (χ4n) is 2.76. The summed E-state index contributed by atoms with van der Waals surface area (Å²) in [7, 11) is 0. The van der Waals surface area contributed by atoms with E-state index in [0.29, 0.717) is 0 Å². The second kappa shape index (κ2) is 4.70. The number of hydrogen-bond donors (Lipinski definition) is 0. The fraction of sp³-hybridized carbons (Fsp3) is 0.211. The summed E-state index contributed by atoms with van der Waals surface area (Å²) in [5, 5.41) is 0. The molecule has 1 radical (unpaired) electrons. The molecular weight excluding hydrogens is 228 g/mol. The molecule has 0 aromatic heterocycles. The van der Waals surface area contributed by atoms with Gasteiger partial charge in [0, 0.05) is 6.42 Å². The molecule has 95 valence electrons. The van der Waals surface area contributed by atoms with Gasteiger partial charge in [-0.2, -0.15) is 0 Å². The van der Waals surface area contributed by atoms with Crippen molar-refractivity contribution in [2.45, 2.75) is 27.2 Å². The minimum Gasteiger partial charge on any atom is -0.0616 e. The summed E-state index contributed by atoms with van der Waals surface area (Å²) in [6.45, 7) is 6.56. The Bertz CT molecular complexity index is 660. The molecule has 0 nitrogen and oxygen atoms in total. The van der Waals surface area contributed by atoms with Crippen molar-refractivity contribution in [3.05, 3.63) is 70.6 Å². The maximum atomic E-state index is 2.34. The summed E-state index contributed by atoms with van der Waals surface area (Å²) in [5.41, 5.74) is 9.55. The molecule has 2 aromatic rings. The topological polar surface area (TPSA) is 0 Å². The summed E-state index contributed by atoms with van der Waals surface area (Å²) < 4.78 is 0. The average Bonchev–Trinajstić information content (AvgIpc) is 2.84. The van der Waals surface area contributed by atoms with E-state index in [4.69, 9.17) is 0 Å². The highest BCUT2D eigenvalue weighted by Crippen LogP contribution is 2.37. The van der Waals surface area contributed by atoms with E-state index < -0.39 is 0 Å². The quantitative estimate of drug-likeness (QED) is 0.673. The molecule has 0 spiro atoms. The summed E-state index contributed by atoms with van der Waals surface area (Å²) in [6.07, 6.45) is 5.75. The van der Waals surface area contributed by atoms with Crippen molar-refractivity contribution < 1.29 is 0 Å². The number of fused-ring (bicyclic) bond motifs is 1. The number of aryl methyl sites for hydroxylation is 2. The first-order chi connectivity index (χ1) is 9.19. The van der Waals surface area contributed by atoms with Crippen LogP contribution in [0.1, 0.15) is 35.6 Å². The van der Waals surface area contributed by atoms with Crippen LogP contribution in [0.25, 0.3) is 17.2 Å². The Morgan fingerprint density at radius 2 is 1.79 bits per heavy atom. The first kappa shape index (κ1) is 12.2. The lowest BCUT2D eigenvalue weighted by Gasteiger charge is -2.11. The van der Waals surface area contributed by atoms with Crippen LogP contribution in [-0.4, -0.2) is 0 Å². The van der Waals surface area contributed by atoms with Gasteiger partial charge in [0.15, 0.2) is 0 Å². The van der Waals surface area contributed by atoms with Gasteiger partial charge < -0.3 is 0 Å². The van der Waals surface area contributed by atoms with Crippen LogP contribution in [0.15, 0.2) is 42.0 Å². The Hall–Kier alpha value is -1.82. The van der Waals surface area contributed by atoms with Gasteiger partial charge in [0.25, 0.3) is 0 Å². The molecule has 0 fully saturated rings. The van der Waals surface area contributed by atoms with E-state index in [-0.39, 0.29) is 0 Å². The molecule has 1 aliphatic rings. The van der Waals surface area contributed by atoms with E-state index in [1.807, 2.05) is 0 Å². The maximum Gasteiger partial charge on any atom is 0.0164 e. The molecule has 0 heteroatoms. The lowest BCUT2D eigenvalue weighted by Crippen LogP contribution is -1.89. The Labute approximate surface area is 115 Å². The Kier molecular flexibility index (Phi) is 3.02. The van der Waals surface area contributed by atoms with Crippen LogP contribution >= 0.6 is 0 Å². The van der Waals surface area contributed by atoms with Gasteiger partial charge in [-0.05, 0) is 48.1 Å². The lowest BCUT2D eigenvalue weighted by molar-refractivity contribution is 1.14. The highest BCUT2D eigenvalue weighted by molar-refractivity contribution is 5.84. The number of hydrogen-bond acceptors (Lipinski definition) is 0. The molecule has 0 atom stereocenters. The molecule has 19 heavy (non-hydrogen) atoms. The van der Waals surface area contributed by atoms with E-state index in [1.54, 1.807) is 0 Å². The van der Waals surface area contributed by atoms with Crippen LogP contribution in [0.2, 0.25) is 0 Å². The fourth-order valence-corrected chi connectivity index (χ4v) is 2.76. The summed E-state index contributed by atoms with van der Waals surface area (Å²) in [5.74, 6) is 0. The van der Waals surface area contributed by atoms with Crippen LogP contribution in [0.4, 0.5) is 0 Å². The zero-order valence-corrected chi connectivity index (χ0v) is 11.8. The van der Waals surface area contributed by atoms with Gasteiger partial charge in [0.2, 0.25) is 0 Å². The first-order valence-electron chi connectivity index (χ1n) is 6.95. The van der Waals surface area contributed by atoms with E-state index in [0.717, 1.165) is 6.42 Å². The van der Waals surface area contributed by atoms with Gasteiger partial charge in [-0.15, -0.1) is 0 Å². The highest BCUT2D eigenvalue weighted by atomic mass is 14.2. The second-order valence-corrected chi connectivity index (χ2v) is 5.34. The molecule has 0 aliphatic heterocycles. The number of benzene rings is 2. The molecule has 0 saturated heterocycles. The molecule has 0 saturated carbocycles. The van der Waals surface area contributed by atoms with Gasteiger partial charge in [0.05, 0.1) is 0 Å². The average molecular weight is 247 g/mol. The molecule has 0 bridgehead atoms. The third-order valence-corrected chi connectivity index (χ3v) is 3.90. The minimum atomic E-state index is 1.10. The SMILES string of the molecule is CCC1=Cc2c(cccc2-c2cc(C)ccc2C)[CH]1. The second-order valence-electron chi connectivity index (χ2n) is 5.34. The van der Waals surface area contributed by atoms with Gasteiger partial charge in [-0.1, -0.05) is 60.5 Å². The third kappa shape index (κ3) is 2.12. The largest absolute Gasteiger partial charge is 0.0616 e. The van der Waals surface area contributed by atoms with E-state index >= 15 is 0 Å². The van der Waals surface area contributed by atoms with Gasteiger partial charge in [0.1, 0.15) is 0 Å². The van der Waals surface area contributed by atoms with Crippen LogP contribution in [0, 0.1) is 20.3 Å². The monoisotopic (exact) mass is 247 g/mol. The smallest absolute Gasteiger partial charge is 0.0164 e. The molecule has 0 amide bonds. The Morgan fingerprint density at radius 1 is 0.947 bits per heavy atom. The number of allylic oxidation sites excluding steroid dienone is 1. The van der Waals surface area contributed by atoms with Crippen LogP contribution < -0.4 is 0 Å². The predicted octanol–water partition coefficient (Wildman–Crippen LogP) is 5.33. The van der Waals surface area contributed by atoms with Crippen LogP contribution in [0.5, 0.6) is 0 Å². The van der Waals surface area contributed by atoms with E-state index in [2.05, 4.69) is 69.7 Å². The zero-order chi connectivity index (χ0) is 13.4. The van der Waals surface area contributed by atoms with Gasteiger partial charge in [-0.3, -0.25) is 0 Å². The van der Waals surface area contributed by atoms with Crippen molar-refractivity contribution in [1.82, 2.24) is 0 Å². The van der Waals surface area contributed by atoms with Crippen molar-refractivity contribution in [3.8, 4) is 11.1 Å². The molecular formula is C19H19. The maximum absolute atomic E-state index is 2.34. The normalized spacial score (nSPS) is 13.3. The summed E-state index contributed by atoms with van der Waals surface area (Å²) in [6, 6.07) is 13.3. The standard InChI is InChI=1S/C19H19/c1-4-15-11-16-6-5-7-17(19(16)12-15)18-10-13(2)8-9-14(18)3/h5-12H,4H2,1-3H3. The summed E-state index contributed by atoms with van der Waals surface area (Å²) in [4.78, 5) is 0. The zero-order valence-electron chi connectivity index (χ0n) is 11.8. The van der Waals surface area contributed by atoms with Gasteiger partial charge >= 0.3 is 0 Å². The first-order valence-corrected chi connectivity index (χ1v) is 6.95.